The summed E-state index contributed by atoms with van der Waals surface area (Å²) in [5.74, 6) is -1.09. The molecule has 0 radical (unpaired) electrons. The van der Waals surface area contributed by atoms with Crippen LogP contribution in [0.2, 0.25) is 0 Å². The van der Waals surface area contributed by atoms with Crippen LogP contribution in [-0.4, -0.2) is 66.9 Å². The van der Waals surface area contributed by atoms with E-state index in [0.29, 0.717) is 37.0 Å². The molecule has 3 aromatic heterocycles. The number of nitriles is 1. The molecule has 6 rings (SSSR count). The number of rotatable bonds is 8. The highest BCUT2D eigenvalue weighted by molar-refractivity contribution is 5.91. The molecule has 1 saturated heterocycles. The van der Waals surface area contributed by atoms with Gasteiger partial charge in [-0.2, -0.15) is 15.3 Å². The summed E-state index contributed by atoms with van der Waals surface area (Å²) in [7, 11) is 1.86. The molecule has 3 N–H and O–H groups in total. The number of aliphatic hydroxyl groups is 1. The first-order valence-corrected chi connectivity index (χ1v) is 15.0. The molecule has 13 heteroatoms. The lowest BCUT2D eigenvalue weighted by Crippen LogP contribution is -2.49. The van der Waals surface area contributed by atoms with Crippen LogP contribution < -0.4 is 20.4 Å². The molecule has 232 valence electrons. The highest BCUT2D eigenvalue weighted by Gasteiger charge is 2.38. The fourth-order valence-electron chi connectivity index (χ4n) is 5.95. The molecule has 1 aliphatic carbocycles. The van der Waals surface area contributed by atoms with E-state index in [1.807, 2.05) is 55.7 Å². The van der Waals surface area contributed by atoms with Crippen molar-refractivity contribution in [1.29, 1.82) is 5.26 Å². The van der Waals surface area contributed by atoms with E-state index < -0.39 is 5.85 Å². The summed E-state index contributed by atoms with van der Waals surface area (Å²) < 4.78 is 15.8. The maximum atomic E-state index is 14.1. The number of alkyl halides is 1. The normalized spacial score (nSPS) is 21.2. The van der Waals surface area contributed by atoms with Crippen molar-refractivity contribution in [2.75, 3.05) is 28.2 Å². The Labute approximate surface area is 260 Å². The van der Waals surface area contributed by atoms with Crippen molar-refractivity contribution < 1.29 is 14.3 Å². The maximum Gasteiger partial charge on any atom is 0.323 e. The van der Waals surface area contributed by atoms with Crippen LogP contribution in [0.5, 0.6) is 0 Å². The zero-order chi connectivity index (χ0) is 31.4. The average Bonchev–Trinajstić information content (AvgIpc) is 3.66. The number of nitrogens with zero attached hydrogens (tertiary/aromatic N) is 8. The minimum atomic E-state index is -2.31. The van der Waals surface area contributed by atoms with Crippen molar-refractivity contribution in [1.82, 2.24) is 30.0 Å². The van der Waals surface area contributed by atoms with Gasteiger partial charge in [-0.1, -0.05) is 30.3 Å². The topological polar surface area (TPSA) is 148 Å². The number of carbonyl (C=O) groups excluding carboxylic acids is 1. The number of nitrogens with one attached hydrogen (secondary N) is 2. The van der Waals surface area contributed by atoms with E-state index in [-0.39, 0.29) is 43.2 Å². The van der Waals surface area contributed by atoms with Gasteiger partial charge in [-0.15, -0.1) is 0 Å². The molecule has 12 nitrogen and oxygen atoms in total. The summed E-state index contributed by atoms with van der Waals surface area (Å²) in [6.45, 7) is 0.404. The van der Waals surface area contributed by atoms with Crippen LogP contribution >= 0.6 is 0 Å². The van der Waals surface area contributed by atoms with Gasteiger partial charge >= 0.3 is 6.03 Å². The Morgan fingerprint density at radius 2 is 1.91 bits per heavy atom. The van der Waals surface area contributed by atoms with Crippen LogP contribution in [0.3, 0.4) is 0 Å². The van der Waals surface area contributed by atoms with E-state index in [0.717, 1.165) is 29.5 Å². The van der Waals surface area contributed by atoms with Gasteiger partial charge in [0.25, 0.3) is 0 Å². The molecule has 2 aliphatic rings. The SMILES string of the molecule is Cn1cc(-c2ccc(N(C(=O)NCc3ccccc3)C3CCC(Nc4ncc(C#N)c(N5CCC(O)(F)C5)n4)CC3)nc2)cn1. The fourth-order valence-corrected chi connectivity index (χ4v) is 5.95. The van der Waals surface area contributed by atoms with Crippen LogP contribution in [0.25, 0.3) is 11.1 Å². The summed E-state index contributed by atoms with van der Waals surface area (Å²) in [4.78, 5) is 30.5. The number of aryl methyl sites for hydroxylation is 1. The molecule has 0 spiro atoms. The van der Waals surface area contributed by atoms with Gasteiger partial charge in [0, 0.05) is 62.2 Å². The Hall–Kier alpha value is -5.09. The van der Waals surface area contributed by atoms with Gasteiger partial charge < -0.3 is 20.6 Å². The van der Waals surface area contributed by atoms with Gasteiger partial charge in [-0.25, -0.2) is 19.2 Å². The van der Waals surface area contributed by atoms with E-state index in [2.05, 4.69) is 31.8 Å². The summed E-state index contributed by atoms with van der Waals surface area (Å²) in [5.41, 5.74) is 3.09. The monoisotopic (exact) mass is 610 g/mol. The van der Waals surface area contributed by atoms with Crippen molar-refractivity contribution in [3.63, 3.8) is 0 Å². The molecule has 45 heavy (non-hydrogen) atoms. The first-order valence-electron chi connectivity index (χ1n) is 15.0. The van der Waals surface area contributed by atoms with Crippen LogP contribution in [0, 0.1) is 11.3 Å². The molecule has 2 fully saturated rings. The number of β-amino-alcohol motifs (C(OH)–C–C–N with tert-alkyl or cyclic N) is 1. The lowest BCUT2D eigenvalue weighted by molar-refractivity contribution is -0.0662. The molecule has 1 unspecified atom stereocenters. The molecule has 1 atom stereocenters. The fraction of sp³-hybridized carbons (Fsp3) is 0.375. The number of halogens is 1. The smallest absolute Gasteiger partial charge is 0.323 e. The zero-order valence-corrected chi connectivity index (χ0v) is 25.0. The molecule has 2 amide bonds. The molecule has 4 heterocycles. The number of anilines is 3. The summed E-state index contributed by atoms with van der Waals surface area (Å²) in [6, 6.07) is 15.4. The molecular formula is C32H35FN10O2. The van der Waals surface area contributed by atoms with E-state index in [1.54, 1.807) is 26.9 Å². The largest absolute Gasteiger partial charge is 0.360 e. The highest BCUT2D eigenvalue weighted by atomic mass is 19.2. The van der Waals surface area contributed by atoms with Gasteiger partial charge in [0.1, 0.15) is 17.5 Å². The van der Waals surface area contributed by atoms with Gasteiger partial charge in [0.15, 0.2) is 5.82 Å². The van der Waals surface area contributed by atoms with Crippen LogP contribution in [0.1, 0.15) is 43.2 Å². The lowest BCUT2D eigenvalue weighted by Gasteiger charge is -2.36. The summed E-state index contributed by atoms with van der Waals surface area (Å²) in [6.07, 6.45) is 9.75. The molecular weight excluding hydrogens is 575 g/mol. The third-order valence-electron chi connectivity index (χ3n) is 8.32. The minimum Gasteiger partial charge on any atom is -0.360 e. The number of pyridine rings is 1. The second-order valence-corrected chi connectivity index (χ2v) is 11.6. The third-order valence-corrected chi connectivity index (χ3v) is 8.32. The number of carbonyl (C=O) groups is 1. The van der Waals surface area contributed by atoms with E-state index >= 15 is 0 Å². The molecule has 0 bridgehead atoms. The molecule has 1 aromatic carbocycles. The van der Waals surface area contributed by atoms with E-state index in [9.17, 15) is 19.6 Å². The predicted octanol–water partition coefficient (Wildman–Crippen LogP) is 4.15. The van der Waals surface area contributed by atoms with Gasteiger partial charge in [0.2, 0.25) is 11.8 Å². The Balaban J connectivity index is 1.15. The molecule has 4 aromatic rings. The number of amides is 2. The standard InChI is InChI=1S/C32H35FN10O2/c1-41-20-25(19-38-41)23-7-12-28(35-17-23)43(31(44)37-16-22-5-3-2-4-6-22)27-10-8-26(9-11-27)39-30-36-18-24(15-34)29(40-30)42-14-13-32(33,45)21-42/h2-7,12,17-20,26-27,45H,8-11,13-14,16,21H2,1H3,(H,37,44)(H,36,39,40). The van der Waals surface area contributed by atoms with Gasteiger partial charge in [0.05, 0.1) is 18.9 Å². The number of aromatic nitrogens is 5. The Morgan fingerprint density at radius 1 is 1.11 bits per heavy atom. The number of urea groups is 1. The summed E-state index contributed by atoms with van der Waals surface area (Å²) >= 11 is 0. The highest BCUT2D eigenvalue weighted by Crippen LogP contribution is 2.31. The third kappa shape index (κ3) is 7.02. The maximum absolute atomic E-state index is 14.1. The van der Waals surface area contributed by atoms with E-state index in [1.165, 1.54) is 6.20 Å². The number of hydrogen-bond donors (Lipinski definition) is 3. The Morgan fingerprint density at radius 3 is 2.56 bits per heavy atom. The minimum absolute atomic E-state index is 0.0360. The predicted molar refractivity (Wildman–Crippen MR) is 167 cm³/mol. The summed E-state index contributed by atoms with van der Waals surface area (Å²) in [5, 5.41) is 30.0. The molecule has 1 saturated carbocycles. The van der Waals surface area contributed by atoms with Gasteiger partial charge in [-0.05, 0) is 43.4 Å². The van der Waals surface area contributed by atoms with Crippen LogP contribution in [0.4, 0.5) is 26.8 Å². The van der Waals surface area contributed by atoms with Crippen LogP contribution in [-0.2, 0) is 13.6 Å². The Bertz CT molecular complexity index is 1660. The Kier molecular flexibility index (Phi) is 8.57. The average molecular weight is 611 g/mol. The van der Waals surface area contributed by atoms with Crippen molar-refractivity contribution in [2.24, 2.45) is 7.05 Å². The molecule has 1 aliphatic heterocycles. The van der Waals surface area contributed by atoms with E-state index in [4.69, 9.17) is 4.98 Å². The van der Waals surface area contributed by atoms with Crippen molar-refractivity contribution >= 4 is 23.6 Å². The van der Waals surface area contributed by atoms with Crippen molar-refractivity contribution in [2.45, 2.75) is 56.6 Å². The van der Waals surface area contributed by atoms with Crippen LogP contribution in [0.15, 0.2) is 67.3 Å². The van der Waals surface area contributed by atoms with Crippen molar-refractivity contribution in [3.8, 4) is 17.2 Å². The first kappa shape index (κ1) is 30.0. The number of benzene rings is 1. The van der Waals surface area contributed by atoms with Crippen molar-refractivity contribution in [3.05, 3.63) is 78.4 Å². The van der Waals surface area contributed by atoms with Gasteiger partial charge in [-0.3, -0.25) is 9.58 Å². The zero-order valence-electron chi connectivity index (χ0n) is 25.0. The first-order chi connectivity index (χ1) is 21.8. The second-order valence-electron chi connectivity index (χ2n) is 11.6. The second kappa shape index (κ2) is 12.9. The quantitative estimate of drug-likeness (QED) is 0.268. The lowest BCUT2D eigenvalue weighted by atomic mass is 9.90. The number of hydrogen-bond acceptors (Lipinski definition) is 9.